The molecule has 628 valence electrons. The first-order valence-electron chi connectivity index (χ1n) is 35.8. The molecule has 2 rings (SSSR count). The van der Waals surface area contributed by atoms with Crippen molar-refractivity contribution in [2.75, 3.05) is 46.1 Å². The van der Waals surface area contributed by atoms with Crippen LogP contribution in [0.3, 0.4) is 0 Å². The Morgan fingerprint density at radius 2 is 0.955 bits per heavy atom. The Morgan fingerprint density at radius 3 is 1.41 bits per heavy atom. The summed E-state index contributed by atoms with van der Waals surface area (Å²) in [5, 5.41) is 104. The third-order valence-electron chi connectivity index (χ3n) is 17.3. The molecule has 0 unspecified atom stereocenters. The molecule has 0 radical (unpaired) electrons. The van der Waals surface area contributed by atoms with Crippen molar-refractivity contribution in [3.05, 3.63) is 18.2 Å². The number of aliphatic carboxylic acids is 2. The molecule has 0 spiro atoms. The van der Waals surface area contributed by atoms with Gasteiger partial charge in [-0.15, -0.1) is 0 Å². The van der Waals surface area contributed by atoms with Crippen LogP contribution in [0.25, 0.3) is 0 Å². The van der Waals surface area contributed by atoms with Crippen molar-refractivity contribution in [1.29, 1.82) is 0 Å². The number of rotatable bonds is 49. The highest BCUT2D eigenvalue weighted by atomic mass is 16.4. The lowest BCUT2D eigenvalue weighted by atomic mass is 9.97. The second kappa shape index (κ2) is 47.9. The lowest BCUT2D eigenvalue weighted by molar-refractivity contribution is -0.143. The minimum Gasteiger partial charge on any atom is -0.481 e. The van der Waals surface area contributed by atoms with Crippen molar-refractivity contribution in [3.63, 3.8) is 0 Å². The molecule has 0 aromatic carbocycles. The van der Waals surface area contributed by atoms with Crippen LogP contribution in [-0.4, -0.2) is 306 Å². The van der Waals surface area contributed by atoms with Gasteiger partial charge in [0.1, 0.15) is 84.6 Å². The van der Waals surface area contributed by atoms with E-state index < -0.39 is 280 Å². The highest BCUT2D eigenvalue weighted by Gasteiger charge is 2.41. The Morgan fingerprint density at radius 1 is 0.518 bits per heavy atom. The largest absolute Gasteiger partial charge is 0.481 e. The first kappa shape index (κ1) is 97.0. The maximum atomic E-state index is 13.8. The average molecular weight is 1600 g/mol. The van der Waals surface area contributed by atoms with E-state index in [-0.39, 0.29) is 38.1 Å². The Bertz CT molecular complexity index is 3470. The van der Waals surface area contributed by atoms with Crippen LogP contribution < -0.4 is 91.2 Å². The highest BCUT2D eigenvalue weighted by Crippen LogP contribution is 2.21. The third-order valence-corrected chi connectivity index (χ3v) is 17.3. The standard InChI is InChI=1S/C66H108N20O26/c1-11-30(6)50(64(109)85-51(34(10)91)62(107)71-22-46(93)83-49(29(4)5)63(108)82-43(26-90)60(105)78-39(66(111)112)18-35-20-69-27-72-35)84-47(94)21-70-52(97)31(7)73-58(103)41(24-88)81-56(101)37(14-15-45(68)92)76-59(104)42(25-89)80-53(98)32(8)74-57(102)40(23-87)79-54(99)33(9)75-61(106)44-13-12-16-86(44)65(110)38(17-28(2)3)77-55(100)36(67)19-48(95)96/h20,27-34,36-44,49-51,87-91H,11-19,21-26,67H2,1-10H3,(H2,68,92)(H,69,72)(H,70,97)(H,71,107)(H,73,103)(H,74,102)(H,75,106)(H,76,104)(H,77,100)(H,78,105)(H,79,99)(H,80,98)(H,81,101)(H,82,108)(H,83,93)(H,84,94)(H,85,109)(H,95,96)(H,111,112)/t30-,31-,32-,33-,34+,36-,37-,38-,39-,40-,41-,42-,43-,44-,49-,50-,51-/m0/s1. The minimum absolute atomic E-state index is 0.0766. The maximum absolute atomic E-state index is 13.8. The van der Waals surface area contributed by atoms with Gasteiger partial charge in [-0.05, 0) is 71.1 Å². The molecule has 46 nitrogen and oxygen atoms in total. The molecule has 27 N–H and O–H groups in total. The van der Waals surface area contributed by atoms with Crippen molar-refractivity contribution in [2.24, 2.45) is 29.2 Å². The number of imidazole rings is 1. The quantitative estimate of drug-likeness (QED) is 0.0288. The number of carboxylic acids is 2. The van der Waals surface area contributed by atoms with Crippen LogP contribution in [0.5, 0.6) is 0 Å². The second-order valence-corrected chi connectivity index (χ2v) is 27.4. The number of carbonyl (C=O) groups is 19. The van der Waals surface area contributed by atoms with E-state index in [0.29, 0.717) is 12.1 Å². The van der Waals surface area contributed by atoms with Gasteiger partial charge in [0.25, 0.3) is 0 Å². The Hall–Kier alpha value is -11.1. The Balaban J connectivity index is 2.04. The molecule has 0 bridgehead atoms. The number of nitrogens with two attached hydrogens (primary N) is 2. The predicted octanol–water partition coefficient (Wildman–Crippen LogP) is -12.2. The summed E-state index contributed by atoms with van der Waals surface area (Å²) in [6.45, 7) is 8.22. The zero-order valence-electron chi connectivity index (χ0n) is 63.7. The number of aliphatic hydroxyl groups excluding tert-OH is 5. The van der Waals surface area contributed by atoms with Gasteiger partial charge < -0.3 is 137 Å². The number of hydrogen-bond acceptors (Lipinski definition) is 26. The summed E-state index contributed by atoms with van der Waals surface area (Å²) in [5.74, 6) is -22.1. The normalized spacial score (nSPS) is 16.8. The van der Waals surface area contributed by atoms with Crippen LogP contribution in [0.1, 0.15) is 120 Å². The second-order valence-electron chi connectivity index (χ2n) is 27.4. The van der Waals surface area contributed by atoms with Crippen LogP contribution >= 0.6 is 0 Å². The summed E-state index contributed by atoms with van der Waals surface area (Å²) in [6, 6.07) is -23.6. The average Bonchev–Trinajstić information content (AvgIpc) is 1.65. The van der Waals surface area contributed by atoms with Crippen molar-refractivity contribution in [1.82, 2.24) is 94.6 Å². The molecule has 1 aliphatic rings. The van der Waals surface area contributed by atoms with Crippen molar-refractivity contribution < 1.29 is 127 Å². The first-order chi connectivity index (χ1) is 52.4. The fourth-order valence-electron chi connectivity index (χ4n) is 10.6. The summed E-state index contributed by atoms with van der Waals surface area (Å²) in [4.78, 5) is 256. The summed E-state index contributed by atoms with van der Waals surface area (Å²) < 4.78 is 0. The van der Waals surface area contributed by atoms with E-state index in [0.717, 1.165) is 20.8 Å². The summed E-state index contributed by atoms with van der Waals surface area (Å²) in [6.07, 6.45) is -0.351. The molecule has 1 saturated heterocycles. The first-order valence-corrected chi connectivity index (χ1v) is 35.8. The summed E-state index contributed by atoms with van der Waals surface area (Å²) in [7, 11) is 0. The molecule has 17 amide bonds. The highest BCUT2D eigenvalue weighted by molar-refractivity contribution is 6.01. The molecule has 2 heterocycles. The molecule has 1 aliphatic heterocycles. The van der Waals surface area contributed by atoms with Gasteiger partial charge in [-0.25, -0.2) is 9.78 Å². The number of aromatic nitrogens is 2. The van der Waals surface area contributed by atoms with E-state index >= 15 is 0 Å². The maximum Gasteiger partial charge on any atom is 0.326 e. The molecule has 46 heteroatoms. The van der Waals surface area contributed by atoms with Gasteiger partial charge in [0.15, 0.2) is 0 Å². The van der Waals surface area contributed by atoms with E-state index in [4.69, 9.17) is 16.6 Å². The number of likely N-dealkylation sites (tertiary alicyclic amines) is 1. The van der Waals surface area contributed by atoms with Gasteiger partial charge in [-0.3, -0.25) is 86.3 Å². The number of aromatic amines is 1. The number of nitrogens with one attached hydrogen (secondary N) is 16. The van der Waals surface area contributed by atoms with Crippen molar-refractivity contribution in [3.8, 4) is 0 Å². The summed E-state index contributed by atoms with van der Waals surface area (Å²) in [5.41, 5.74) is 11.3. The zero-order valence-corrected chi connectivity index (χ0v) is 63.7. The number of aliphatic hydroxyl groups is 5. The lowest BCUT2D eigenvalue weighted by Crippen LogP contribution is -2.61. The molecule has 112 heavy (non-hydrogen) atoms. The molecule has 1 aromatic heterocycles. The van der Waals surface area contributed by atoms with Gasteiger partial charge in [-0.1, -0.05) is 48.0 Å². The van der Waals surface area contributed by atoms with E-state index in [1.165, 1.54) is 45.1 Å². The van der Waals surface area contributed by atoms with Crippen LogP contribution in [0.2, 0.25) is 0 Å². The van der Waals surface area contributed by atoms with Crippen LogP contribution in [0, 0.1) is 17.8 Å². The number of carboxylic acid groups (broad SMARTS) is 2. The van der Waals surface area contributed by atoms with Gasteiger partial charge in [0.05, 0.1) is 64.4 Å². The molecule has 0 aliphatic carbocycles. The van der Waals surface area contributed by atoms with Crippen molar-refractivity contribution in [2.45, 2.75) is 217 Å². The zero-order chi connectivity index (χ0) is 85.1. The molecule has 1 aromatic rings. The van der Waals surface area contributed by atoms with Crippen molar-refractivity contribution >= 4 is 112 Å². The van der Waals surface area contributed by atoms with E-state index in [9.17, 15) is 122 Å². The monoisotopic (exact) mass is 1600 g/mol. The van der Waals surface area contributed by atoms with E-state index in [1.54, 1.807) is 20.8 Å². The van der Waals surface area contributed by atoms with Crippen LogP contribution in [0.4, 0.5) is 0 Å². The number of primary amides is 1. The SMILES string of the molecule is CC[C@H](C)[C@H](NC(=O)CNC(=O)[C@H](C)NC(=O)[C@H](CO)NC(=O)[C@H](CCC(N)=O)NC(=O)[C@H](CO)NC(=O)[C@H](C)NC(=O)[C@H](CO)NC(=O)[C@H](C)NC(=O)[C@@H]1CCCN1C(=O)[C@H](CC(C)C)NC(=O)[C@@H](N)CC(=O)O)C(=O)N[C@H](C(=O)NCC(=O)N[C@H](C(=O)N[C@@H](CO)C(=O)N[C@@H](Cc1cnc[nH]1)C(=O)O)C(C)C)[C@@H](C)O. The molecule has 0 saturated carbocycles. The number of hydrogen-bond donors (Lipinski definition) is 25. The molecular weight excluding hydrogens is 1490 g/mol. The van der Waals surface area contributed by atoms with Crippen LogP contribution in [0.15, 0.2) is 12.5 Å². The number of amides is 17. The van der Waals surface area contributed by atoms with E-state index in [1.807, 2.05) is 0 Å². The van der Waals surface area contributed by atoms with E-state index in [2.05, 4.69) is 89.7 Å². The predicted molar refractivity (Wildman–Crippen MR) is 385 cm³/mol. The Kier molecular flexibility index (Phi) is 41.4. The fraction of sp³-hybridized carbons (Fsp3) is 0.667. The number of H-pyrrole nitrogens is 1. The summed E-state index contributed by atoms with van der Waals surface area (Å²) >= 11 is 0. The lowest BCUT2D eigenvalue weighted by Gasteiger charge is -2.30. The van der Waals surface area contributed by atoms with Gasteiger partial charge >= 0.3 is 11.9 Å². The van der Waals surface area contributed by atoms with Gasteiger partial charge in [0, 0.05) is 31.3 Å². The number of nitrogens with zero attached hydrogens (tertiary/aromatic N) is 2. The van der Waals surface area contributed by atoms with Gasteiger partial charge in [0.2, 0.25) is 100 Å². The third kappa shape index (κ3) is 32.5. The minimum atomic E-state index is -1.92. The number of carbonyl (C=O) groups excluding carboxylic acids is 17. The Labute approximate surface area is 642 Å². The topological polar surface area (TPSA) is 730 Å². The fourth-order valence-corrected chi connectivity index (χ4v) is 10.6. The molecular formula is C66H108N20O26. The smallest absolute Gasteiger partial charge is 0.326 e. The van der Waals surface area contributed by atoms with Gasteiger partial charge in [-0.2, -0.15) is 0 Å². The molecule has 1 fully saturated rings. The van der Waals surface area contributed by atoms with Crippen LogP contribution in [-0.2, 0) is 97.5 Å². The molecule has 17 atom stereocenters.